The van der Waals surface area contributed by atoms with E-state index in [1.807, 2.05) is 37.3 Å². The Bertz CT molecular complexity index is 528. The molecule has 0 saturated heterocycles. The molecule has 0 heterocycles. The second-order valence-corrected chi connectivity index (χ2v) is 4.20. The Morgan fingerprint density at radius 2 is 1.89 bits per heavy atom. The van der Waals surface area contributed by atoms with Gasteiger partial charge in [0.15, 0.2) is 11.5 Å². The number of rotatable bonds is 5. The summed E-state index contributed by atoms with van der Waals surface area (Å²) >= 11 is 0. The highest BCUT2D eigenvalue weighted by Gasteiger charge is 2.09. The highest BCUT2D eigenvalue weighted by atomic mass is 16.5. The maximum atomic E-state index is 12.1. The molecule has 0 spiro atoms. The summed E-state index contributed by atoms with van der Waals surface area (Å²) in [5, 5.41) is 21.8. The van der Waals surface area contributed by atoms with Crippen LogP contribution in [-0.4, -0.2) is 11.7 Å². The Hall–Kier alpha value is -2.04. The molecule has 2 aromatic rings. The van der Waals surface area contributed by atoms with Crippen LogP contribution in [0, 0.1) is 5.21 Å². The zero-order valence-corrected chi connectivity index (χ0v) is 10.8. The van der Waals surface area contributed by atoms with E-state index in [-0.39, 0.29) is 10.8 Å². The zero-order chi connectivity index (χ0) is 13.7. The molecule has 2 rings (SSSR count). The van der Waals surface area contributed by atoms with Gasteiger partial charge in [-0.1, -0.05) is 30.3 Å². The van der Waals surface area contributed by atoms with E-state index in [1.54, 1.807) is 12.1 Å². The molecule has 0 fully saturated rings. The van der Waals surface area contributed by atoms with Crippen molar-refractivity contribution in [1.29, 1.82) is 0 Å². The van der Waals surface area contributed by atoms with E-state index in [0.717, 1.165) is 5.56 Å². The molecule has 0 aliphatic heterocycles. The number of hydrogen-bond acceptors (Lipinski definition) is 3. The minimum Gasteiger partial charge on any atom is -0.629 e. The molecule has 4 heteroatoms. The molecule has 0 amide bonds. The van der Waals surface area contributed by atoms with Crippen molar-refractivity contribution in [2.75, 3.05) is 6.61 Å². The molecule has 0 bridgehead atoms. The molecule has 0 saturated carbocycles. The first-order chi connectivity index (χ1) is 9.20. The van der Waals surface area contributed by atoms with E-state index in [1.165, 1.54) is 6.07 Å². The molecule has 19 heavy (non-hydrogen) atoms. The first kappa shape index (κ1) is 13.4. The maximum Gasteiger partial charge on any atom is 0.166 e. The van der Waals surface area contributed by atoms with Gasteiger partial charge >= 0.3 is 0 Å². The molecule has 4 nitrogen and oxygen atoms in total. The van der Waals surface area contributed by atoms with Crippen LogP contribution in [0.15, 0.2) is 48.5 Å². The van der Waals surface area contributed by atoms with Crippen molar-refractivity contribution in [1.82, 2.24) is 0 Å². The van der Waals surface area contributed by atoms with Gasteiger partial charge in [-0.15, -0.1) is 0 Å². The van der Waals surface area contributed by atoms with Gasteiger partial charge in [-0.3, -0.25) is 0 Å². The van der Waals surface area contributed by atoms with Crippen LogP contribution in [0.25, 0.3) is 0 Å². The smallest absolute Gasteiger partial charge is 0.166 e. The second-order valence-electron chi connectivity index (χ2n) is 4.20. The lowest BCUT2D eigenvalue weighted by Crippen LogP contribution is -3.00. The standard InChI is InChI=1S/C15H17NO3/c1-2-19-15-10-13(8-9-14(15)17)16(18)11-12-6-4-3-5-7-12/h3-10,16-17H,2,11H2,1H3. The fourth-order valence-corrected chi connectivity index (χ4v) is 1.84. The van der Waals surface area contributed by atoms with Crippen LogP contribution in [0.5, 0.6) is 11.5 Å². The number of quaternary nitrogens is 1. The number of phenols is 1. The summed E-state index contributed by atoms with van der Waals surface area (Å²) in [6.45, 7) is 2.62. The van der Waals surface area contributed by atoms with Crippen LogP contribution in [0.4, 0.5) is 5.69 Å². The monoisotopic (exact) mass is 259 g/mol. The summed E-state index contributed by atoms with van der Waals surface area (Å²) < 4.78 is 5.28. The Morgan fingerprint density at radius 1 is 1.16 bits per heavy atom. The molecule has 0 aliphatic carbocycles. The molecule has 100 valence electrons. The van der Waals surface area contributed by atoms with E-state index in [2.05, 4.69) is 0 Å². The number of benzene rings is 2. The lowest BCUT2D eigenvalue weighted by atomic mass is 10.2. The third kappa shape index (κ3) is 3.47. The Labute approximate surface area is 112 Å². The average molecular weight is 259 g/mol. The lowest BCUT2D eigenvalue weighted by molar-refractivity contribution is -0.791. The van der Waals surface area contributed by atoms with E-state index < -0.39 is 0 Å². The summed E-state index contributed by atoms with van der Waals surface area (Å²) in [6, 6.07) is 14.3. The summed E-state index contributed by atoms with van der Waals surface area (Å²) in [5.41, 5.74) is 1.52. The normalized spacial score (nSPS) is 12.1. The van der Waals surface area contributed by atoms with Crippen molar-refractivity contribution in [2.24, 2.45) is 0 Å². The predicted octanol–water partition coefficient (Wildman–Crippen LogP) is 2.01. The van der Waals surface area contributed by atoms with Crippen molar-refractivity contribution < 1.29 is 14.9 Å². The van der Waals surface area contributed by atoms with Crippen molar-refractivity contribution in [2.45, 2.75) is 13.5 Å². The summed E-state index contributed by atoms with van der Waals surface area (Å²) in [6.07, 6.45) is 0. The maximum absolute atomic E-state index is 12.1. The van der Waals surface area contributed by atoms with Crippen molar-refractivity contribution in [3.05, 3.63) is 59.3 Å². The predicted molar refractivity (Wildman–Crippen MR) is 73.4 cm³/mol. The van der Waals surface area contributed by atoms with Gasteiger partial charge in [-0.05, 0) is 13.0 Å². The molecule has 2 aromatic carbocycles. The van der Waals surface area contributed by atoms with Gasteiger partial charge in [0.1, 0.15) is 12.2 Å². The third-order valence-electron chi connectivity index (χ3n) is 2.79. The quantitative estimate of drug-likeness (QED) is 0.638. The number of hydrogen-bond donors (Lipinski definition) is 2. The minimum absolute atomic E-state index is 0.00662. The minimum atomic E-state index is 0.00662. The largest absolute Gasteiger partial charge is 0.629 e. The van der Waals surface area contributed by atoms with Gasteiger partial charge in [0.2, 0.25) is 0 Å². The van der Waals surface area contributed by atoms with E-state index in [9.17, 15) is 10.3 Å². The number of hydroxylamine groups is 1. The molecular formula is C15H17NO3. The molecule has 1 atom stereocenters. The van der Waals surface area contributed by atoms with Crippen LogP contribution in [0.3, 0.4) is 0 Å². The fraction of sp³-hybridized carbons (Fsp3) is 0.200. The topological polar surface area (TPSA) is 57.0 Å². The van der Waals surface area contributed by atoms with Gasteiger partial charge in [0.05, 0.1) is 6.61 Å². The Balaban J connectivity index is 2.15. The summed E-state index contributed by atoms with van der Waals surface area (Å²) in [7, 11) is 0. The van der Waals surface area contributed by atoms with E-state index >= 15 is 0 Å². The van der Waals surface area contributed by atoms with E-state index in [0.29, 0.717) is 24.6 Å². The zero-order valence-electron chi connectivity index (χ0n) is 10.8. The van der Waals surface area contributed by atoms with Crippen LogP contribution >= 0.6 is 0 Å². The van der Waals surface area contributed by atoms with Crippen LogP contribution in [-0.2, 0) is 6.54 Å². The highest BCUT2D eigenvalue weighted by Crippen LogP contribution is 2.27. The third-order valence-corrected chi connectivity index (χ3v) is 2.79. The molecule has 0 radical (unpaired) electrons. The second kappa shape index (κ2) is 6.22. The highest BCUT2D eigenvalue weighted by molar-refractivity contribution is 5.47. The SMILES string of the molecule is CCOc1cc([NH+]([O-])Cc2ccccc2)ccc1O. The Morgan fingerprint density at radius 3 is 2.58 bits per heavy atom. The van der Waals surface area contributed by atoms with E-state index in [4.69, 9.17) is 4.74 Å². The first-order valence-electron chi connectivity index (χ1n) is 6.23. The summed E-state index contributed by atoms with van der Waals surface area (Å²) in [4.78, 5) is 0. The number of nitrogens with one attached hydrogen (secondary N) is 1. The van der Waals surface area contributed by atoms with Gasteiger partial charge in [0, 0.05) is 17.7 Å². The van der Waals surface area contributed by atoms with Crippen molar-refractivity contribution >= 4 is 5.69 Å². The van der Waals surface area contributed by atoms with Gasteiger partial charge in [0.25, 0.3) is 0 Å². The first-order valence-corrected chi connectivity index (χ1v) is 6.23. The van der Waals surface area contributed by atoms with Gasteiger partial charge in [-0.2, -0.15) is 0 Å². The lowest BCUT2D eigenvalue weighted by Gasteiger charge is -2.22. The summed E-state index contributed by atoms with van der Waals surface area (Å²) in [5.74, 6) is 0.402. The molecule has 0 aliphatic rings. The molecule has 2 N–H and O–H groups in total. The average Bonchev–Trinajstić information content (AvgIpc) is 2.42. The van der Waals surface area contributed by atoms with Crippen molar-refractivity contribution in [3.63, 3.8) is 0 Å². The molecule has 1 unspecified atom stereocenters. The van der Waals surface area contributed by atoms with Crippen molar-refractivity contribution in [3.8, 4) is 11.5 Å². The van der Waals surface area contributed by atoms with Gasteiger partial charge in [-0.25, -0.2) is 0 Å². The van der Waals surface area contributed by atoms with Gasteiger partial charge < -0.3 is 20.1 Å². The molecule has 0 aromatic heterocycles. The number of ether oxygens (including phenoxy) is 1. The Kier molecular flexibility index (Phi) is 4.39. The van der Waals surface area contributed by atoms with Crippen LogP contribution < -0.4 is 9.80 Å². The number of aromatic hydroxyl groups is 1. The van der Waals surface area contributed by atoms with Crippen LogP contribution in [0.1, 0.15) is 12.5 Å². The molecular weight excluding hydrogens is 242 g/mol. The fourth-order valence-electron chi connectivity index (χ4n) is 1.84. The van der Waals surface area contributed by atoms with Crippen LogP contribution in [0.2, 0.25) is 0 Å². The number of phenolic OH excluding ortho intramolecular Hbond substituents is 1.